The van der Waals surface area contributed by atoms with Crippen molar-refractivity contribution < 1.29 is 18.7 Å². The van der Waals surface area contributed by atoms with Crippen molar-refractivity contribution in [3.05, 3.63) is 52.8 Å². The van der Waals surface area contributed by atoms with Crippen molar-refractivity contribution in [1.82, 2.24) is 0 Å². The molecule has 0 saturated heterocycles. The number of anilines is 1. The van der Waals surface area contributed by atoms with Gasteiger partial charge in [0, 0.05) is 5.69 Å². The number of carbonyl (C=O) groups excluding carboxylic acids is 1. The Morgan fingerprint density at radius 2 is 2.05 bits per heavy atom. The Kier molecular flexibility index (Phi) is 4.65. The second kappa shape index (κ2) is 6.45. The summed E-state index contributed by atoms with van der Waals surface area (Å²) in [5.41, 5.74) is 6.14. The summed E-state index contributed by atoms with van der Waals surface area (Å²) in [7, 11) is 0. The molecule has 0 aromatic heterocycles. The predicted molar refractivity (Wildman–Crippen MR) is 78.3 cm³/mol. The van der Waals surface area contributed by atoms with Gasteiger partial charge in [0.1, 0.15) is 11.3 Å². The zero-order valence-corrected chi connectivity index (χ0v) is 12.0. The second-order valence-electron chi connectivity index (χ2n) is 4.13. The molecule has 0 fully saturated rings. The minimum Gasteiger partial charge on any atom is -0.462 e. The van der Waals surface area contributed by atoms with E-state index in [0.29, 0.717) is 5.69 Å². The number of carbonyl (C=O) groups is 1. The van der Waals surface area contributed by atoms with E-state index >= 15 is 0 Å². The molecule has 21 heavy (non-hydrogen) atoms. The van der Waals surface area contributed by atoms with E-state index in [-0.39, 0.29) is 28.7 Å². The summed E-state index contributed by atoms with van der Waals surface area (Å²) < 4.78 is 24.2. The highest BCUT2D eigenvalue weighted by Gasteiger charge is 2.17. The lowest BCUT2D eigenvalue weighted by Gasteiger charge is -2.12. The van der Waals surface area contributed by atoms with E-state index < -0.39 is 11.8 Å². The third-order valence-corrected chi connectivity index (χ3v) is 2.93. The topological polar surface area (TPSA) is 61.5 Å². The first kappa shape index (κ1) is 15.1. The van der Waals surface area contributed by atoms with Crippen molar-refractivity contribution in [2.24, 2.45) is 0 Å². The third-order valence-electron chi connectivity index (χ3n) is 2.64. The number of benzene rings is 2. The molecular weight excluding hydrogens is 297 g/mol. The lowest BCUT2D eigenvalue weighted by Crippen LogP contribution is -2.07. The molecule has 0 aliphatic carbocycles. The molecular formula is C15H13ClFNO3. The molecule has 110 valence electrons. The molecule has 2 rings (SSSR count). The van der Waals surface area contributed by atoms with Gasteiger partial charge >= 0.3 is 5.97 Å². The van der Waals surface area contributed by atoms with Gasteiger partial charge in [-0.05, 0) is 37.3 Å². The molecule has 0 aliphatic rings. The average molecular weight is 310 g/mol. The second-order valence-corrected chi connectivity index (χ2v) is 4.54. The SMILES string of the molecule is CCOC(=O)c1cc(N)ccc1Oc1cccc(Cl)c1F. The maximum Gasteiger partial charge on any atom is 0.342 e. The highest BCUT2D eigenvalue weighted by atomic mass is 35.5. The van der Waals surface area contributed by atoms with Crippen LogP contribution >= 0.6 is 11.6 Å². The summed E-state index contributed by atoms with van der Waals surface area (Å²) in [6.07, 6.45) is 0. The molecule has 0 radical (unpaired) electrons. The normalized spacial score (nSPS) is 10.2. The standard InChI is InChI=1S/C15H13ClFNO3/c1-2-20-15(19)10-8-9(18)6-7-12(10)21-13-5-3-4-11(16)14(13)17/h3-8H,2,18H2,1H3. The van der Waals surface area contributed by atoms with Crippen LogP contribution < -0.4 is 10.5 Å². The van der Waals surface area contributed by atoms with Crippen LogP contribution in [-0.4, -0.2) is 12.6 Å². The van der Waals surface area contributed by atoms with Gasteiger partial charge in [0.15, 0.2) is 11.6 Å². The number of hydrogen-bond donors (Lipinski definition) is 1. The van der Waals surface area contributed by atoms with Gasteiger partial charge in [0.25, 0.3) is 0 Å². The molecule has 2 aromatic rings. The fourth-order valence-corrected chi connectivity index (χ4v) is 1.85. The first-order valence-electron chi connectivity index (χ1n) is 6.21. The summed E-state index contributed by atoms with van der Waals surface area (Å²) in [6, 6.07) is 8.78. The Morgan fingerprint density at radius 1 is 1.29 bits per heavy atom. The largest absolute Gasteiger partial charge is 0.462 e. The lowest BCUT2D eigenvalue weighted by molar-refractivity contribution is 0.0523. The smallest absolute Gasteiger partial charge is 0.342 e. The van der Waals surface area contributed by atoms with Gasteiger partial charge in [0.2, 0.25) is 0 Å². The zero-order chi connectivity index (χ0) is 15.4. The molecule has 0 amide bonds. The molecule has 4 nitrogen and oxygen atoms in total. The van der Waals surface area contributed by atoms with Gasteiger partial charge < -0.3 is 15.2 Å². The molecule has 0 atom stereocenters. The summed E-state index contributed by atoms with van der Waals surface area (Å²) in [5, 5.41) is -0.0689. The van der Waals surface area contributed by atoms with Crippen molar-refractivity contribution in [1.29, 1.82) is 0 Å². The highest BCUT2D eigenvalue weighted by molar-refractivity contribution is 6.30. The Labute approximate surface area is 126 Å². The molecule has 2 N–H and O–H groups in total. The maximum absolute atomic E-state index is 13.8. The van der Waals surface area contributed by atoms with Crippen molar-refractivity contribution in [3.63, 3.8) is 0 Å². The number of nitrogens with two attached hydrogens (primary N) is 1. The van der Waals surface area contributed by atoms with E-state index in [1.807, 2.05) is 0 Å². The summed E-state index contributed by atoms with van der Waals surface area (Å²) in [6.45, 7) is 1.89. The van der Waals surface area contributed by atoms with Gasteiger partial charge in [0.05, 0.1) is 11.6 Å². The number of ether oxygens (including phenoxy) is 2. The summed E-state index contributed by atoms with van der Waals surface area (Å²) in [4.78, 5) is 11.9. The minimum absolute atomic E-state index is 0.0689. The Balaban J connectivity index is 2.40. The van der Waals surface area contributed by atoms with Crippen molar-refractivity contribution in [3.8, 4) is 11.5 Å². The van der Waals surface area contributed by atoms with Gasteiger partial charge in [-0.15, -0.1) is 0 Å². The van der Waals surface area contributed by atoms with E-state index in [1.54, 1.807) is 19.1 Å². The van der Waals surface area contributed by atoms with Crippen LogP contribution in [-0.2, 0) is 4.74 Å². The number of rotatable bonds is 4. The van der Waals surface area contributed by atoms with Crippen LogP contribution in [0.15, 0.2) is 36.4 Å². The number of halogens is 2. The van der Waals surface area contributed by atoms with Crippen LogP contribution in [0.4, 0.5) is 10.1 Å². The zero-order valence-electron chi connectivity index (χ0n) is 11.2. The Hall–Kier alpha value is -2.27. The third kappa shape index (κ3) is 3.44. The molecule has 0 aliphatic heterocycles. The molecule has 2 aromatic carbocycles. The van der Waals surface area contributed by atoms with Crippen LogP contribution in [0.1, 0.15) is 17.3 Å². The van der Waals surface area contributed by atoms with Crippen molar-refractivity contribution in [2.45, 2.75) is 6.92 Å². The Bertz CT molecular complexity index is 676. The first-order chi connectivity index (χ1) is 10.0. The van der Waals surface area contributed by atoms with E-state index in [9.17, 15) is 9.18 Å². The van der Waals surface area contributed by atoms with Crippen molar-refractivity contribution in [2.75, 3.05) is 12.3 Å². The van der Waals surface area contributed by atoms with E-state index in [1.165, 1.54) is 24.3 Å². The highest BCUT2D eigenvalue weighted by Crippen LogP contribution is 2.31. The number of esters is 1. The molecule has 0 spiro atoms. The fraction of sp³-hybridized carbons (Fsp3) is 0.133. The quantitative estimate of drug-likeness (QED) is 0.684. The average Bonchev–Trinajstić information content (AvgIpc) is 2.46. The fourth-order valence-electron chi connectivity index (χ4n) is 1.69. The predicted octanol–water partition coefficient (Wildman–Crippen LogP) is 4.03. The molecule has 0 heterocycles. The van der Waals surface area contributed by atoms with E-state index in [2.05, 4.69) is 0 Å². The van der Waals surface area contributed by atoms with Crippen LogP contribution in [0.25, 0.3) is 0 Å². The summed E-state index contributed by atoms with van der Waals surface area (Å²) in [5.74, 6) is -1.24. The number of nitrogen functional groups attached to an aromatic ring is 1. The van der Waals surface area contributed by atoms with E-state index in [4.69, 9.17) is 26.8 Å². The van der Waals surface area contributed by atoms with Gasteiger partial charge in [-0.3, -0.25) is 0 Å². The first-order valence-corrected chi connectivity index (χ1v) is 6.59. The van der Waals surface area contributed by atoms with Crippen LogP contribution in [0, 0.1) is 5.82 Å². The van der Waals surface area contributed by atoms with Gasteiger partial charge in [-0.2, -0.15) is 0 Å². The minimum atomic E-state index is -0.703. The summed E-state index contributed by atoms with van der Waals surface area (Å²) >= 11 is 5.69. The number of hydrogen-bond acceptors (Lipinski definition) is 4. The van der Waals surface area contributed by atoms with Crippen LogP contribution in [0.2, 0.25) is 5.02 Å². The molecule has 0 bridgehead atoms. The van der Waals surface area contributed by atoms with Gasteiger partial charge in [-0.1, -0.05) is 17.7 Å². The Morgan fingerprint density at radius 3 is 2.76 bits per heavy atom. The van der Waals surface area contributed by atoms with Crippen LogP contribution in [0.3, 0.4) is 0 Å². The monoisotopic (exact) mass is 309 g/mol. The maximum atomic E-state index is 13.8. The van der Waals surface area contributed by atoms with Crippen LogP contribution in [0.5, 0.6) is 11.5 Å². The molecule has 6 heteroatoms. The van der Waals surface area contributed by atoms with Gasteiger partial charge in [-0.25, -0.2) is 9.18 Å². The lowest BCUT2D eigenvalue weighted by atomic mass is 10.2. The molecule has 0 saturated carbocycles. The van der Waals surface area contributed by atoms with Crippen molar-refractivity contribution >= 4 is 23.3 Å². The molecule has 0 unspecified atom stereocenters. The van der Waals surface area contributed by atoms with E-state index in [0.717, 1.165) is 0 Å².